The van der Waals surface area contributed by atoms with Crippen LogP contribution in [0.4, 0.5) is 0 Å². The van der Waals surface area contributed by atoms with Crippen LogP contribution in [0.2, 0.25) is 0 Å². The predicted molar refractivity (Wildman–Crippen MR) is 30.9 cm³/mol. The number of carboxylic acid groups (broad SMARTS) is 1. The number of carbonyl (C=O) groups excluding carboxylic acids is 1. The normalized spacial score (nSPS) is 10.8. The van der Waals surface area contributed by atoms with Gasteiger partial charge in [-0.3, -0.25) is 4.79 Å². The molecule has 0 fully saturated rings. The average Bonchev–Trinajstić information content (AvgIpc) is 1.88. The lowest BCUT2D eigenvalue weighted by Crippen LogP contribution is -2.08. The van der Waals surface area contributed by atoms with Crippen molar-refractivity contribution < 1.29 is 19.8 Å². The molecule has 0 aliphatic carbocycles. The third-order valence-corrected chi connectivity index (χ3v) is 0.648. The van der Waals surface area contributed by atoms with Crippen molar-refractivity contribution in [2.45, 2.75) is 0 Å². The van der Waals surface area contributed by atoms with Gasteiger partial charge in [0.05, 0.1) is 0 Å². The summed E-state index contributed by atoms with van der Waals surface area (Å²) in [4.78, 5) is 20.0. The first-order valence-corrected chi connectivity index (χ1v) is 2.41. The third-order valence-electron chi connectivity index (χ3n) is 0.648. The van der Waals surface area contributed by atoms with E-state index in [4.69, 9.17) is 5.11 Å². The second-order valence-corrected chi connectivity index (χ2v) is 1.36. The van der Waals surface area contributed by atoms with Gasteiger partial charge in [0.15, 0.2) is 0 Å². The number of aliphatic carboxylic acids is 1. The molecule has 0 radical (unpaired) electrons. The second-order valence-electron chi connectivity index (χ2n) is 1.36. The smallest absolute Gasteiger partial charge is 0.376 e. The number of hydrogen-bond acceptors (Lipinski definition) is 3. The summed E-state index contributed by atoms with van der Waals surface area (Å²) in [5, 5.41) is 17.6. The Hall–Kier alpha value is -1.58. The molecule has 0 heterocycles. The van der Waals surface area contributed by atoms with Crippen LogP contribution in [0.1, 0.15) is 0 Å². The monoisotopic (exact) mass is 141 g/mol. The minimum absolute atomic E-state index is 0.450. The van der Waals surface area contributed by atoms with Gasteiger partial charge in [0.1, 0.15) is 0 Å². The van der Waals surface area contributed by atoms with Crippen molar-refractivity contribution in [1.29, 1.82) is 0 Å². The summed E-state index contributed by atoms with van der Waals surface area (Å²) >= 11 is 0. The fourth-order valence-electron chi connectivity index (χ4n) is 0.260. The highest BCUT2D eigenvalue weighted by Crippen LogP contribution is 1.77. The quantitative estimate of drug-likeness (QED) is 0.238. The molecule has 0 atom stereocenters. The molecule has 1 N–H and O–H groups in total. The van der Waals surface area contributed by atoms with Crippen molar-refractivity contribution in [2.24, 2.45) is 0 Å². The fourth-order valence-corrected chi connectivity index (χ4v) is 0.260. The summed E-state index contributed by atoms with van der Waals surface area (Å²) in [5.41, 5.74) is 0. The second kappa shape index (κ2) is 4.31. The number of carbonyl (C=O) groups is 2. The first-order chi connectivity index (χ1) is 4.68. The molecule has 0 aromatic rings. The predicted octanol–water partition coefficient (Wildman–Crippen LogP) is -0.930. The van der Waals surface area contributed by atoms with Crippen molar-refractivity contribution in [1.82, 2.24) is 0 Å². The van der Waals surface area contributed by atoms with E-state index >= 15 is 0 Å². The first kappa shape index (κ1) is 8.42. The molecule has 4 heteroatoms. The van der Waals surface area contributed by atoms with Gasteiger partial charge < -0.3 is 10.2 Å². The van der Waals surface area contributed by atoms with Crippen LogP contribution >= 0.6 is 0 Å². The summed E-state index contributed by atoms with van der Waals surface area (Å²) in [5.74, 6) is -2.58. The number of rotatable bonds is 3. The molecule has 0 rings (SSSR count). The Balaban J connectivity index is 3.90. The Morgan fingerprint density at radius 1 is 1.30 bits per heavy atom. The highest BCUT2D eigenvalue weighted by molar-refractivity contribution is 6.37. The number of allylic oxidation sites excluding steroid dienone is 2. The molecule has 0 aromatic heterocycles. The minimum Gasteiger partial charge on any atom is -0.878 e. The molecule has 0 saturated carbocycles. The van der Waals surface area contributed by atoms with E-state index in [0.717, 1.165) is 18.2 Å². The van der Waals surface area contributed by atoms with Crippen LogP contribution in [0.3, 0.4) is 0 Å². The zero-order chi connectivity index (χ0) is 7.98. The van der Waals surface area contributed by atoms with Crippen molar-refractivity contribution in [3.8, 4) is 0 Å². The summed E-state index contributed by atoms with van der Waals surface area (Å²) in [6.45, 7) is 0. The lowest BCUT2D eigenvalue weighted by atomic mass is 10.3. The average molecular weight is 141 g/mol. The Bertz CT molecular complexity index is 190. The summed E-state index contributed by atoms with van der Waals surface area (Å²) in [6, 6.07) is 0. The van der Waals surface area contributed by atoms with Gasteiger partial charge in [-0.25, -0.2) is 4.79 Å². The molecule has 0 aromatic carbocycles. The van der Waals surface area contributed by atoms with Gasteiger partial charge in [0.25, 0.3) is 5.78 Å². The van der Waals surface area contributed by atoms with Crippen LogP contribution in [0.25, 0.3) is 0 Å². The lowest BCUT2D eigenvalue weighted by molar-refractivity contribution is -0.274. The molecule has 10 heavy (non-hydrogen) atoms. The third kappa shape index (κ3) is 3.43. The summed E-state index contributed by atoms with van der Waals surface area (Å²) in [6.07, 6.45) is 3.35. The van der Waals surface area contributed by atoms with E-state index in [2.05, 4.69) is 0 Å². The van der Waals surface area contributed by atoms with Crippen molar-refractivity contribution >= 4 is 11.8 Å². The van der Waals surface area contributed by atoms with Crippen LogP contribution in [0.15, 0.2) is 24.5 Å². The maximum atomic E-state index is 10.2. The van der Waals surface area contributed by atoms with Gasteiger partial charge in [0, 0.05) is 0 Å². The van der Waals surface area contributed by atoms with E-state index in [9.17, 15) is 14.7 Å². The van der Waals surface area contributed by atoms with Crippen molar-refractivity contribution in [3.63, 3.8) is 0 Å². The first-order valence-electron chi connectivity index (χ1n) is 2.41. The van der Waals surface area contributed by atoms with Gasteiger partial charge in [-0.05, 0) is 6.08 Å². The molecule has 4 nitrogen and oxygen atoms in total. The number of carboxylic acids is 1. The SMILES string of the molecule is O=C(O)C(=O)C=CC=C[O-]. The summed E-state index contributed by atoms with van der Waals surface area (Å²) < 4.78 is 0. The largest absolute Gasteiger partial charge is 0.878 e. The topological polar surface area (TPSA) is 77.4 Å². The van der Waals surface area contributed by atoms with Gasteiger partial charge in [0.2, 0.25) is 0 Å². The van der Waals surface area contributed by atoms with Crippen molar-refractivity contribution in [2.75, 3.05) is 0 Å². The zero-order valence-corrected chi connectivity index (χ0v) is 4.98. The maximum Gasteiger partial charge on any atom is 0.376 e. The van der Waals surface area contributed by atoms with E-state index in [0.29, 0.717) is 6.26 Å². The molecule has 54 valence electrons. The molecule has 0 saturated heterocycles. The minimum atomic E-state index is -1.53. The van der Waals surface area contributed by atoms with E-state index in [1.54, 1.807) is 0 Å². The molecule has 0 aliphatic heterocycles. The van der Waals surface area contributed by atoms with Crippen LogP contribution in [0, 0.1) is 0 Å². The van der Waals surface area contributed by atoms with Gasteiger partial charge >= 0.3 is 5.97 Å². The van der Waals surface area contributed by atoms with Crippen LogP contribution in [-0.2, 0) is 9.59 Å². The number of ketones is 1. The maximum absolute atomic E-state index is 10.2. The van der Waals surface area contributed by atoms with Gasteiger partial charge in [-0.2, -0.15) is 0 Å². The zero-order valence-electron chi connectivity index (χ0n) is 4.98. The summed E-state index contributed by atoms with van der Waals surface area (Å²) in [7, 11) is 0. The standard InChI is InChI=1S/C6H6O4/c7-4-2-1-3-5(8)6(9)10/h1-4,7H,(H,9,10)/p-1. The van der Waals surface area contributed by atoms with Crippen LogP contribution in [0.5, 0.6) is 0 Å². The van der Waals surface area contributed by atoms with E-state index < -0.39 is 11.8 Å². The Morgan fingerprint density at radius 2 is 1.90 bits per heavy atom. The Labute approximate surface area is 57.1 Å². The van der Waals surface area contributed by atoms with E-state index in [1.165, 1.54) is 0 Å². The van der Waals surface area contributed by atoms with Crippen LogP contribution < -0.4 is 5.11 Å². The molecule has 0 amide bonds. The van der Waals surface area contributed by atoms with Gasteiger partial charge in [-0.15, -0.1) is 6.26 Å². The highest BCUT2D eigenvalue weighted by atomic mass is 16.4. The van der Waals surface area contributed by atoms with Gasteiger partial charge in [-0.1, -0.05) is 12.2 Å². The Kier molecular flexibility index (Phi) is 3.63. The van der Waals surface area contributed by atoms with E-state index in [-0.39, 0.29) is 0 Å². The molecule has 0 spiro atoms. The fraction of sp³-hybridized carbons (Fsp3) is 0. The lowest BCUT2D eigenvalue weighted by Gasteiger charge is -1.83. The van der Waals surface area contributed by atoms with E-state index in [1.807, 2.05) is 0 Å². The van der Waals surface area contributed by atoms with Crippen LogP contribution in [-0.4, -0.2) is 16.9 Å². The van der Waals surface area contributed by atoms with Crippen molar-refractivity contribution in [3.05, 3.63) is 24.5 Å². The molecular weight excluding hydrogens is 136 g/mol. The molecular formula is C6H5O4-. The molecule has 0 aliphatic rings. The molecule has 0 unspecified atom stereocenters. The number of hydrogen-bond donors (Lipinski definition) is 1. The molecule has 0 bridgehead atoms. The highest BCUT2D eigenvalue weighted by Gasteiger charge is 2.03. The Morgan fingerprint density at radius 3 is 2.30 bits per heavy atom.